The van der Waals surface area contributed by atoms with E-state index in [4.69, 9.17) is 0 Å². The molecule has 0 saturated heterocycles. The van der Waals surface area contributed by atoms with Crippen molar-refractivity contribution in [3.63, 3.8) is 0 Å². The Hall–Kier alpha value is -1.65. The summed E-state index contributed by atoms with van der Waals surface area (Å²) in [7, 11) is 3.56. The molecule has 1 rings (SSSR count). The van der Waals surface area contributed by atoms with Gasteiger partial charge < -0.3 is 10.6 Å². The van der Waals surface area contributed by atoms with Gasteiger partial charge in [0.15, 0.2) is 5.96 Å². The molecule has 0 atom stereocenters. The normalized spacial score (nSPS) is 11.3. The molecule has 5 heteroatoms. The van der Waals surface area contributed by atoms with Crippen molar-refractivity contribution in [3.8, 4) is 0 Å². The second-order valence-corrected chi connectivity index (χ2v) is 3.22. The Morgan fingerprint density at radius 2 is 2.13 bits per heavy atom. The lowest BCUT2D eigenvalue weighted by Crippen LogP contribution is -2.34. The lowest BCUT2D eigenvalue weighted by atomic mass is 10.3. The SMILES string of the molecule is CN=C(NC)NCc1cc(C)nc(C)n1. The summed E-state index contributed by atoms with van der Waals surface area (Å²) in [6.07, 6.45) is 0. The van der Waals surface area contributed by atoms with Gasteiger partial charge in [0.2, 0.25) is 0 Å². The third-order valence-corrected chi connectivity index (χ3v) is 1.92. The Kier molecular flexibility index (Phi) is 4.03. The van der Waals surface area contributed by atoms with Gasteiger partial charge in [-0.05, 0) is 19.9 Å². The van der Waals surface area contributed by atoms with Gasteiger partial charge in [-0.15, -0.1) is 0 Å². The average Bonchev–Trinajstić information content (AvgIpc) is 2.18. The van der Waals surface area contributed by atoms with Gasteiger partial charge in [0.25, 0.3) is 0 Å². The number of hydrogen-bond donors (Lipinski definition) is 2. The molecule has 15 heavy (non-hydrogen) atoms. The van der Waals surface area contributed by atoms with Gasteiger partial charge in [0.05, 0.1) is 12.2 Å². The molecule has 0 aromatic carbocycles. The van der Waals surface area contributed by atoms with Crippen LogP contribution in [-0.4, -0.2) is 30.0 Å². The van der Waals surface area contributed by atoms with E-state index in [-0.39, 0.29) is 0 Å². The van der Waals surface area contributed by atoms with Crippen molar-refractivity contribution in [3.05, 3.63) is 23.3 Å². The highest BCUT2D eigenvalue weighted by atomic mass is 15.2. The van der Waals surface area contributed by atoms with Crippen LogP contribution < -0.4 is 10.6 Å². The van der Waals surface area contributed by atoms with E-state index in [0.29, 0.717) is 6.54 Å². The molecule has 2 N–H and O–H groups in total. The first-order chi connectivity index (χ1) is 7.15. The highest BCUT2D eigenvalue weighted by Gasteiger charge is 1.99. The zero-order valence-corrected chi connectivity index (χ0v) is 9.63. The molecular weight excluding hydrogens is 190 g/mol. The number of nitrogens with zero attached hydrogens (tertiary/aromatic N) is 3. The molecule has 1 aromatic rings. The summed E-state index contributed by atoms with van der Waals surface area (Å²) < 4.78 is 0. The summed E-state index contributed by atoms with van der Waals surface area (Å²) in [6.45, 7) is 4.51. The molecule has 0 radical (unpaired) electrons. The smallest absolute Gasteiger partial charge is 0.191 e. The molecule has 0 bridgehead atoms. The number of aliphatic imine (C=N–C) groups is 1. The van der Waals surface area contributed by atoms with Crippen LogP contribution in [0.2, 0.25) is 0 Å². The number of rotatable bonds is 2. The number of guanidine groups is 1. The summed E-state index contributed by atoms with van der Waals surface area (Å²) in [4.78, 5) is 12.6. The molecule has 0 saturated carbocycles. The van der Waals surface area contributed by atoms with E-state index < -0.39 is 0 Å². The third-order valence-electron chi connectivity index (χ3n) is 1.92. The maximum absolute atomic E-state index is 4.32. The fourth-order valence-electron chi connectivity index (χ4n) is 1.34. The predicted octanol–water partition coefficient (Wildman–Crippen LogP) is 0.388. The van der Waals surface area contributed by atoms with Crippen LogP contribution in [-0.2, 0) is 6.54 Å². The van der Waals surface area contributed by atoms with Gasteiger partial charge >= 0.3 is 0 Å². The van der Waals surface area contributed by atoms with Crippen molar-refractivity contribution in [2.45, 2.75) is 20.4 Å². The van der Waals surface area contributed by atoms with Crippen LogP contribution in [0.3, 0.4) is 0 Å². The second-order valence-electron chi connectivity index (χ2n) is 3.22. The van der Waals surface area contributed by atoms with Crippen LogP contribution in [0.5, 0.6) is 0 Å². The van der Waals surface area contributed by atoms with Crippen LogP contribution in [0.1, 0.15) is 17.2 Å². The molecule has 5 nitrogen and oxygen atoms in total. The summed E-state index contributed by atoms with van der Waals surface area (Å²) in [5.74, 6) is 1.55. The molecule has 0 aliphatic carbocycles. The number of hydrogen-bond acceptors (Lipinski definition) is 3. The zero-order chi connectivity index (χ0) is 11.3. The highest BCUT2D eigenvalue weighted by molar-refractivity contribution is 5.79. The Bertz CT molecular complexity index is 339. The van der Waals surface area contributed by atoms with Gasteiger partial charge in [-0.3, -0.25) is 4.99 Å². The summed E-state index contributed by atoms with van der Waals surface area (Å²) in [5, 5.41) is 6.09. The molecule has 0 aliphatic rings. The Morgan fingerprint density at radius 3 is 2.67 bits per heavy atom. The lowest BCUT2D eigenvalue weighted by molar-refractivity contribution is 0.814. The predicted molar refractivity (Wildman–Crippen MR) is 60.8 cm³/mol. The maximum atomic E-state index is 4.32. The first kappa shape index (κ1) is 11.4. The van der Waals surface area contributed by atoms with Gasteiger partial charge in [0, 0.05) is 19.8 Å². The second kappa shape index (κ2) is 5.29. The first-order valence-electron chi connectivity index (χ1n) is 4.85. The first-order valence-corrected chi connectivity index (χ1v) is 4.85. The number of nitrogens with one attached hydrogen (secondary N) is 2. The molecule has 82 valence electrons. The van der Waals surface area contributed by atoms with E-state index in [1.807, 2.05) is 27.0 Å². The fraction of sp³-hybridized carbons (Fsp3) is 0.500. The van der Waals surface area contributed by atoms with Crippen LogP contribution in [0.25, 0.3) is 0 Å². The van der Waals surface area contributed by atoms with Crippen molar-refractivity contribution in [2.75, 3.05) is 14.1 Å². The van der Waals surface area contributed by atoms with E-state index in [0.717, 1.165) is 23.2 Å². The van der Waals surface area contributed by atoms with Crippen molar-refractivity contribution in [1.29, 1.82) is 0 Å². The third kappa shape index (κ3) is 3.53. The zero-order valence-electron chi connectivity index (χ0n) is 9.63. The van der Waals surface area contributed by atoms with Gasteiger partial charge in [-0.2, -0.15) is 0 Å². The summed E-state index contributed by atoms with van der Waals surface area (Å²) in [5.41, 5.74) is 1.95. The van der Waals surface area contributed by atoms with Gasteiger partial charge in [-0.1, -0.05) is 0 Å². The van der Waals surface area contributed by atoms with E-state index in [1.165, 1.54) is 0 Å². The van der Waals surface area contributed by atoms with Crippen molar-refractivity contribution >= 4 is 5.96 Å². The summed E-state index contributed by atoms with van der Waals surface area (Å²) in [6, 6.07) is 1.96. The minimum Gasteiger partial charge on any atom is -0.359 e. The standard InChI is InChI=1S/C10H17N5/c1-7-5-9(15-8(2)14-7)6-13-10(11-3)12-4/h5H,6H2,1-4H3,(H2,11,12,13). The number of aromatic nitrogens is 2. The fourth-order valence-corrected chi connectivity index (χ4v) is 1.34. The van der Waals surface area contributed by atoms with Crippen LogP contribution in [0.15, 0.2) is 11.1 Å². The quantitative estimate of drug-likeness (QED) is 0.544. The molecule has 0 spiro atoms. The molecular formula is C10H17N5. The largest absolute Gasteiger partial charge is 0.359 e. The van der Waals surface area contributed by atoms with Crippen LogP contribution >= 0.6 is 0 Å². The van der Waals surface area contributed by atoms with Crippen LogP contribution in [0.4, 0.5) is 0 Å². The molecule has 0 amide bonds. The van der Waals surface area contributed by atoms with Crippen molar-refractivity contribution in [2.24, 2.45) is 4.99 Å². The monoisotopic (exact) mass is 207 g/mol. The summed E-state index contributed by atoms with van der Waals surface area (Å²) >= 11 is 0. The maximum Gasteiger partial charge on any atom is 0.191 e. The van der Waals surface area contributed by atoms with E-state index in [1.54, 1.807) is 7.05 Å². The van der Waals surface area contributed by atoms with Crippen molar-refractivity contribution in [1.82, 2.24) is 20.6 Å². The highest BCUT2D eigenvalue weighted by Crippen LogP contribution is 1.99. The topological polar surface area (TPSA) is 62.2 Å². The Labute approximate surface area is 90.1 Å². The number of aryl methyl sites for hydroxylation is 2. The molecule has 0 fully saturated rings. The van der Waals surface area contributed by atoms with E-state index in [9.17, 15) is 0 Å². The molecule has 0 aliphatic heterocycles. The lowest BCUT2D eigenvalue weighted by Gasteiger charge is -2.08. The Morgan fingerprint density at radius 1 is 1.40 bits per heavy atom. The minimum atomic E-state index is 0.651. The van der Waals surface area contributed by atoms with E-state index >= 15 is 0 Å². The molecule has 1 aromatic heterocycles. The molecule has 0 unspecified atom stereocenters. The van der Waals surface area contributed by atoms with Gasteiger partial charge in [0.1, 0.15) is 5.82 Å². The average molecular weight is 207 g/mol. The van der Waals surface area contributed by atoms with Crippen molar-refractivity contribution < 1.29 is 0 Å². The Balaban J connectivity index is 2.65. The molecule has 1 heterocycles. The minimum absolute atomic E-state index is 0.651. The van der Waals surface area contributed by atoms with E-state index in [2.05, 4.69) is 25.6 Å². The van der Waals surface area contributed by atoms with Crippen LogP contribution in [0, 0.1) is 13.8 Å². The van der Waals surface area contributed by atoms with Gasteiger partial charge in [-0.25, -0.2) is 9.97 Å².